The molecule has 1 aliphatic rings. The molecule has 2 unspecified atom stereocenters. The van der Waals surface area contributed by atoms with Crippen molar-refractivity contribution in [2.75, 3.05) is 0 Å². The molecule has 4 nitrogen and oxygen atoms in total. The van der Waals surface area contributed by atoms with E-state index >= 15 is 0 Å². The van der Waals surface area contributed by atoms with E-state index in [9.17, 15) is 19.1 Å². The number of aliphatic carboxylic acids is 1. The number of carboxylic acid groups (broad SMARTS) is 1. The topological polar surface area (TPSA) is 66.4 Å². The lowest BCUT2D eigenvalue weighted by atomic mass is 9.94. The average Bonchev–Trinajstić information content (AvgIpc) is 2.64. The number of carbonyl (C=O) groups is 2. The zero-order valence-corrected chi connectivity index (χ0v) is 12.2. The lowest BCUT2D eigenvalue weighted by Gasteiger charge is -2.23. The molecule has 0 saturated heterocycles. The maximum Gasteiger partial charge on any atom is 0.308 e. The summed E-state index contributed by atoms with van der Waals surface area (Å²) < 4.78 is 13.7. The number of amides is 1. The highest BCUT2D eigenvalue weighted by molar-refractivity contribution is 6.33. The normalized spacial score (nSPS) is 22.4. The summed E-state index contributed by atoms with van der Waals surface area (Å²) in [6, 6.07) is 3.51. The first-order chi connectivity index (χ1) is 10.0. The molecule has 1 aliphatic carbocycles. The third-order valence-corrected chi connectivity index (χ3v) is 4.15. The van der Waals surface area contributed by atoms with Crippen LogP contribution in [0.5, 0.6) is 0 Å². The Bertz CT molecular complexity index is 529. The Morgan fingerprint density at radius 3 is 2.62 bits per heavy atom. The molecule has 2 N–H and O–H groups in total. The number of hydrogen-bond donors (Lipinski definition) is 2. The van der Waals surface area contributed by atoms with Crippen molar-refractivity contribution in [3.8, 4) is 0 Å². The predicted octanol–water partition coefficient (Wildman–Crippen LogP) is 3.24. The summed E-state index contributed by atoms with van der Waals surface area (Å²) in [5.74, 6) is -2.93. The molecule has 0 bridgehead atoms. The highest BCUT2D eigenvalue weighted by Gasteiger charge is 2.31. The van der Waals surface area contributed by atoms with E-state index in [4.69, 9.17) is 11.6 Å². The summed E-state index contributed by atoms with van der Waals surface area (Å²) >= 11 is 5.86. The predicted molar refractivity (Wildman–Crippen MR) is 76.9 cm³/mol. The van der Waals surface area contributed by atoms with Crippen LogP contribution in [-0.2, 0) is 4.79 Å². The van der Waals surface area contributed by atoms with Crippen molar-refractivity contribution in [2.45, 2.75) is 38.1 Å². The van der Waals surface area contributed by atoms with Crippen LogP contribution >= 0.6 is 11.6 Å². The van der Waals surface area contributed by atoms with Crippen LogP contribution in [0.2, 0.25) is 5.02 Å². The molecule has 1 saturated carbocycles. The van der Waals surface area contributed by atoms with Gasteiger partial charge in [-0.1, -0.05) is 36.9 Å². The molecular formula is C15H17ClFNO3. The summed E-state index contributed by atoms with van der Waals surface area (Å²) in [7, 11) is 0. The molecule has 2 atom stereocenters. The second kappa shape index (κ2) is 6.89. The van der Waals surface area contributed by atoms with Crippen LogP contribution in [0.25, 0.3) is 0 Å². The first-order valence-corrected chi connectivity index (χ1v) is 7.36. The van der Waals surface area contributed by atoms with Crippen LogP contribution in [0.4, 0.5) is 4.39 Å². The quantitative estimate of drug-likeness (QED) is 0.842. The van der Waals surface area contributed by atoms with Crippen LogP contribution in [-0.4, -0.2) is 23.0 Å². The SMILES string of the molecule is O=C(NC1CCCCCC1C(=O)O)c1c(F)cccc1Cl. The first-order valence-electron chi connectivity index (χ1n) is 6.98. The summed E-state index contributed by atoms with van der Waals surface area (Å²) in [4.78, 5) is 23.5. The minimum absolute atomic E-state index is 0.0213. The van der Waals surface area contributed by atoms with Gasteiger partial charge < -0.3 is 10.4 Å². The van der Waals surface area contributed by atoms with Gasteiger partial charge in [0.1, 0.15) is 5.82 Å². The van der Waals surface area contributed by atoms with Gasteiger partial charge in [-0.25, -0.2) is 4.39 Å². The molecular weight excluding hydrogens is 297 g/mol. The van der Waals surface area contributed by atoms with Crippen molar-refractivity contribution in [2.24, 2.45) is 5.92 Å². The summed E-state index contributed by atoms with van der Waals surface area (Å²) in [5.41, 5.74) is -0.229. The lowest BCUT2D eigenvalue weighted by Crippen LogP contribution is -2.43. The molecule has 1 fully saturated rings. The van der Waals surface area contributed by atoms with Gasteiger partial charge in [-0.3, -0.25) is 9.59 Å². The molecule has 1 aromatic carbocycles. The third-order valence-electron chi connectivity index (χ3n) is 3.84. The van der Waals surface area contributed by atoms with Gasteiger partial charge >= 0.3 is 5.97 Å². The number of carbonyl (C=O) groups excluding carboxylic acids is 1. The van der Waals surface area contributed by atoms with E-state index < -0.39 is 29.7 Å². The van der Waals surface area contributed by atoms with E-state index in [1.807, 2.05) is 0 Å². The summed E-state index contributed by atoms with van der Waals surface area (Å²) in [5, 5.41) is 11.9. The molecule has 0 spiro atoms. The molecule has 0 aliphatic heterocycles. The van der Waals surface area contributed by atoms with Crippen LogP contribution in [0.1, 0.15) is 42.5 Å². The summed E-state index contributed by atoms with van der Waals surface area (Å²) in [6.45, 7) is 0. The van der Waals surface area contributed by atoms with E-state index in [2.05, 4.69) is 5.32 Å². The Balaban J connectivity index is 2.18. The fourth-order valence-corrected chi connectivity index (χ4v) is 2.98. The van der Waals surface area contributed by atoms with Crippen molar-refractivity contribution >= 4 is 23.5 Å². The van der Waals surface area contributed by atoms with E-state index in [1.165, 1.54) is 12.1 Å². The minimum Gasteiger partial charge on any atom is -0.481 e. The average molecular weight is 314 g/mol. The Morgan fingerprint density at radius 1 is 1.24 bits per heavy atom. The number of rotatable bonds is 3. The van der Waals surface area contributed by atoms with Gasteiger partial charge in [0.25, 0.3) is 5.91 Å². The third kappa shape index (κ3) is 3.73. The van der Waals surface area contributed by atoms with Crippen molar-refractivity contribution in [3.63, 3.8) is 0 Å². The van der Waals surface area contributed by atoms with Gasteiger partial charge in [0, 0.05) is 6.04 Å². The number of hydrogen-bond acceptors (Lipinski definition) is 2. The zero-order valence-electron chi connectivity index (χ0n) is 11.4. The standard InChI is InChI=1S/C15H17ClFNO3/c16-10-6-4-7-11(17)13(10)14(19)18-12-8-3-1-2-5-9(12)15(20)21/h4,6-7,9,12H,1-3,5,8H2,(H,18,19)(H,20,21). The lowest BCUT2D eigenvalue weighted by molar-refractivity contribution is -0.142. The van der Waals surface area contributed by atoms with Gasteiger partial charge in [0.05, 0.1) is 16.5 Å². The van der Waals surface area contributed by atoms with Crippen LogP contribution in [0.15, 0.2) is 18.2 Å². The molecule has 21 heavy (non-hydrogen) atoms. The molecule has 114 valence electrons. The largest absolute Gasteiger partial charge is 0.481 e. The smallest absolute Gasteiger partial charge is 0.308 e. The molecule has 1 aromatic rings. The Morgan fingerprint density at radius 2 is 1.95 bits per heavy atom. The molecule has 0 radical (unpaired) electrons. The van der Waals surface area contributed by atoms with E-state index in [0.717, 1.165) is 25.3 Å². The van der Waals surface area contributed by atoms with Crippen molar-refractivity contribution in [1.82, 2.24) is 5.32 Å². The fourth-order valence-electron chi connectivity index (χ4n) is 2.73. The second-order valence-electron chi connectivity index (χ2n) is 5.26. The monoisotopic (exact) mass is 313 g/mol. The first kappa shape index (κ1) is 15.8. The molecule has 6 heteroatoms. The zero-order chi connectivity index (χ0) is 15.4. The second-order valence-corrected chi connectivity index (χ2v) is 5.67. The molecule has 1 amide bonds. The highest BCUT2D eigenvalue weighted by atomic mass is 35.5. The number of carboxylic acids is 1. The highest BCUT2D eigenvalue weighted by Crippen LogP contribution is 2.25. The Kier molecular flexibility index (Phi) is 5.17. The van der Waals surface area contributed by atoms with Crippen LogP contribution < -0.4 is 5.32 Å². The number of benzene rings is 1. The van der Waals surface area contributed by atoms with Crippen LogP contribution in [0, 0.1) is 11.7 Å². The fraction of sp³-hybridized carbons (Fsp3) is 0.467. The van der Waals surface area contributed by atoms with Gasteiger partial charge in [0.2, 0.25) is 0 Å². The van der Waals surface area contributed by atoms with Gasteiger partial charge in [0.15, 0.2) is 0 Å². The summed E-state index contributed by atoms with van der Waals surface area (Å²) in [6.07, 6.45) is 3.71. The van der Waals surface area contributed by atoms with E-state index in [1.54, 1.807) is 0 Å². The van der Waals surface area contributed by atoms with E-state index in [-0.39, 0.29) is 10.6 Å². The molecule has 2 rings (SSSR count). The van der Waals surface area contributed by atoms with Crippen molar-refractivity contribution < 1.29 is 19.1 Å². The van der Waals surface area contributed by atoms with Gasteiger partial charge in [-0.05, 0) is 25.0 Å². The Labute approximate surface area is 127 Å². The van der Waals surface area contributed by atoms with Gasteiger partial charge in [-0.2, -0.15) is 0 Å². The van der Waals surface area contributed by atoms with Crippen molar-refractivity contribution in [3.05, 3.63) is 34.6 Å². The number of nitrogens with one attached hydrogen (secondary N) is 1. The maximum atomic E-state index is 13.7. The molecule has 0 heterocycles. The minimum atomic E-state index is -0.929. The Hall–Kier alpha value is -1.62. The van der Waals surface area contributed by atoms with Gasteiger partial charge in [-0.15, -0.1) is 0 Å². The van der Waals surface area contributed by atoms with Crippen molar-refractivity contribution in [1.29, 1.82) is 0 Å². The maximum absolute atomic E-state index is 13.7. The number of halogens is 2. The molecule has 0 aromatic heterocycles. The van der Waals surface area contributed by atoms with E-state index in [0.29, 0.717) is 12.8 Å². The van der Waals surface area contributed by atoms with Crippen LogP contribution in [0.3, 0.4) is 0 Å².